The lowest BCUT2D eigenvalue weighted by Gasteiger charge is -2.42. The normalized spacial score (nSPS) is 21.1. The largest absolute Gasteiger partial charge is 0.342 e. The summed E-state index contributed by atoms with van der Waals surface area (Å²) in [5, 5.41) is 11.9. The van der Waals surface area contributed by atoms with Crippen LogP contribution in [0.3, 0.4) is 0 Å². The van der Waals surface area contributed by atoms with Crippen LogP contribution in [0.25, 0.3) is 11.4 Å². The number of nitrogens with zero attached hydrogens (tertiary/aromatic N) is 6. The number of amides is 1. The molecule has 1 N–H and O–H groups in total. The van der Waals surface area contributed by atoms with Gasteiger partial charge in [-0.3, -0.25) is 14.3 Å². The molecule has 0 saturated heterocycles. The van der Waals surface area contributed by atoms with Crippen LogP contribution in [-0.2, 0) is 4.79 Å². The lowest BCUT2D eigenvalue weighted by molar-refractivity contribution is -0.117. The molecule has 0 bridgehead atoms. The van der Waals surface area contributed by atoms with Crippen molar-refractivity contribution >= 4 is 28.8 Å². The molecule has 1 atom stereocenters. The van der Waals surface area contributed by atoms with Crippen molar-refractivity contribution in [3.05, 3.63) is 48.3 Å². The van der Waals surface area contributed by atoms with E-state index in [1.165, 1.54) is 12.8 Å². The van der Waals surface area contributed by atoms with Gasteiger partial charge in [-0.05, 0) is 44.1 Å². The first-order valence-corrected chi connectivity index (χ1v) is 13.7. The first-order chi connectivity index (χ1) is 17.8. The summed E-state index contributed by atoms with van der Waals surface area (Å²) in [5.41, 5.74) is 3.27. The van der Waals surface area contributed by atoms with Crippen molar-refractivity contribution in [1.29, 1.82) is 0 Å². The summed E-state index contributed by atoms with van der Waals surface area (Å²) in [6.45, 7) is 12.5. The van der Waals surface area contributed by atoms with E-state index < -0.39 is 0 Å². The number of aliphatic imine (C=N–C) groups is 1. The molecule has 1 aliphatic heterocycles. The topological polar surface area (TPSA) is 88.3 Å². The molecule has 1 fully saturated rings. The zero-order chi connectivity index (χ0) is 26.6. The molecular formula is C29H41N7O. The van der Waals surface area contributed by atoms with E-state index >= 15 is 0 Å². The molecule has 37 heavy (non-hydrogen) atoms. The minimum atomic E-state index is -0.106. The molecular weight excluding hydrogens is 462 g/mol. The molecule has 2 aromatic heterocycles. The standard InChI is InChI=1S/C29H41N7O/c1-7-12-22(21-15-16-30-18-23(21)32-26(37)17-29(4,5)6)33-27-24(8-2)35-19-31-34-28(35)25(9-3)36(27)20-13-10-11-14-20/h8,12,15-16,18-20,25H,7,9-11,13-14,17H2,1-6H3,(H,32,37). The van der Waals surface area contributed by atoms with Gasteiger partial charge in [-0.25, -0.2) is 4.99 Å². The minimum Gasteiger partial charge on any atom is -0.342 e. The second kappa shape index (κ2) is 11.4. The van der Waals surface area contributed by atoms with Crippen molar-refractivity contribution in [2.24, 2.45) is 10.4 Å². The maximum Gasteiger partial charge on any atom is 0.224 e. The predicted octanol–water partition coefficient (Wildman–Crippen LogP) is 6.47. The van der Waals surface area contributed by atoms with E-state index in [0.717, 1.165) is 54.3 Å². The van der Waals surface area contributed by atoms with Crippen molar-refractivity contribution in [2.45, 2.75) is 98.6 Å². The summed E-state index contributed by atoms with van der Waals surface area (Å²) in [6, 6.07) is 2.47. The van der Waals surface area contributed by atoms with Gasteiger partial charge in [0.1, 0.15) is 6.33 Å². The summed E-state index contributed by atoms with van der Waals surface area (Å²) in [5.74, 6) is 1.89. The van der Waals surface area contributed by atoms with Crippen LogP contribution in [-0.4, -0.2) is 42.4 Å². The average Bonchev–Trinajstić information content (AvgIpc) is 3.54. The predicted molar refractivity (Wildman–Crippen MR) is 150 cm³/mol. The zero-order valence-corrected chi connectivity index (χ0v) is 23.2. The zero-order valence-electron chi connectivity index (χ0n) is 23.2. The Labute approximate surface area is 221 Å². The van der Waals surface area contributed by atoms with Gasteiger partial charge < -0.3 is 10.2 Å². The van der Waals surface area contributed by atoms with Crippen molar-refractivity contribution in [3.63, 3.8) is 0 Å². The fraction of sp³-hybridized carbons (Fsp3) is 0.552. The Kier molecular flexibility index (Phi) is 8.25. The lowest BCUT2D eigenvalue weighted by Crippen LogP contribution is -2.47. The van der Waals surface area contributed by atoms with E-state index in [9.17, 15) is 4.79 Å². The van der Waals surface area contributed by atoms with Crippen LogP contribution in [0.15, 0.2) is 41.9 Å². The molecule has 1 aliphatic carbocycles. The number of allylic oxidation sites excluding steroid dienone is 2. The van der Waals surface area contributed by atoms with E-state index in [1.807, 2.05) is 13.0 Å². The molecule has 2 aliphatic rings. The van der Waals surface area contributed by atoms with Crippen LogP contribution < -0.4 is 5.32 Å². The number of fused-ring (bicyclic) bond motifs is 1. The number of nitrogens with one attached hydrogen (secondary N) is 1. The SMILES string of the molecule is CC=C1C(=NC(=CCC)c2ccncc2NC(=O)CC(C)(C)C)N(C2CCCC2)C(CC)c2nncn21. The van der Waals surface area contributed by atoms with Gasteiger partial charge in [0.2, 0.25) is 5.91 Å². The number of hydrogen-bond acceptors (Lipinski definition) is 5. The highest BCUT2D eigenvalue weighted by molar-refractivity contribution is 6.19. The first kappa shape index (κ1) is 26.8. The van der Waals surface area contributed by atoms with Crippen LogP contribution in [0.4, 0.5) is 5.69 Å². The second-order valence-electron chi connectivity index (χ2n) is 11.1. The van der Waals surface area contributed by atoms with Crippen LogP contribution in [0, 0.1) is 5.41 Å². The maximum atomic E-state index is 12.8. The van der Waals surface area contributed by atoms with Crippen molar-refractivity contribution in [2.75, 3.05) is 5.32 Å². The van der Waals surface area contributed by atoms with Crippen LogP contribution in [0.2, 0.25) is 0 Å². The van der Waals surface area contributed by atoms with Gasteiger partial charge in [0, 0.05) is 24.2 Å². The number of amidine groups is 1. The van der Waals surface area contributed by atoms with E-state index in [2.05, 4.69) is 76.7 Å². The van der Waals surface area contributed by atoms with Gasteiger partial charge in [-0.1, -0.05) is 59.6 Å². The highest BCUT2D eigenvalue weighted by Crippen LogP contribution is 2.40. The average molecular weight is 504 g/mol. The third-order valence-electron chi connectivity index (χ3n) is 7.01. The molecule has 8 heteroatoms. The second-order valence-corrected chi connectivity index (χ2v) is 11.1. The van der Waals surface area contributed by atoms with Gasteiger partial charge in [0.25, 0.3) is 0 Å². The number of carbonyl (C=O) groups is 1. The quantitative estimate of drug-likeness (QED) is 0.468. The monoisotopic (exact) mass is 503 g/mol. The molecule has 4 rings (SSSR count). The van der Waals surface area contributed by atoms with Gasteiger partial charge in [-0.2, -0.15) is 0 Å². The number of anilines is 1. The van der Waals surface area contributed by atoms with Gasteiger partial charge >= 0.3 is 0 Å². The third-order valence-corrected chi connectivity index (χ3v) is 7.01. The van der Waals surface area contributed by atoms with E-state index in [-0.39, 0.29) is 17.4 Å². The Morgan fingerprint density at radius 3 is 2.65 bits per heavy atom. The smallest absolute Gasteiger partial charge is 0.224 e. The van der Waals surface area contributed by atoms with Crippen molar-refractivity contribution in [1.82, 2.24) is 24.6 Å². The Balaban J connectivity index is 1.82. The minimum absolute atomic E-state index is 0.0233. The summed E-state index contributed by atoms with van der Waals surface area (Å²) >= 11 is 0. The van der Waals surface area contributed by atoms with Crippen LogP contribution in [0.5, 0.6) is 0 Å². The first-order valence-electron chi connectivity index (χ1n) is 13.7. The molecule has 0 aromatic carbocycles. The molecule has 0 spiro atoms. The molecule has 2 aromatic rings. The number of hydrogen-bond donors (Lipinski definition) is 1. The summed E-state index contributed by atoms with van der Waals surface area (Å²) in [6.07, 6.45) is 16.4. The third kappa shape index (κ3) is 5.84. The highest BCUT2D eigenvalue weighted by atomic mass is 16.1. The Morgan fingerprint density at radius 2 is 2.00 bits per heavy atom. The van der Waals surface area contributed by atoms with Crippen molar-refractivity contribution < 1.29 is 4.79 Å². The molecule has 1 unspecified atom stereocenters. The Morgan fingerprint density at radius 1 is 1.24 bits per heavy atom. The molecule has 1 saturated carbocycles. The Hall–Kier alpha value is -3.29. The molecule has 8 nitrogen and oxygen atoms in total. The van der Waals surface area contributed by atoms with Gasteiger partial charge in [0.05, 0.1) is 29.3 Å². The van der Waals surface area contributed by atoms with Gasteiger partial charge in [0.15, 0.2) is 11.7 Å². The fourth-order valence-electron chi connectivity index (χ4n) is 5.46. The van der Waals surface area contributed by atoms with E-state index in [0.29, 0.717) is 18.2 Å². The number of carbonyl (C=O) groups excluding carboxylic acids is 1. The summed E-state index contributed by atoms with van der Waals surface area (Å²) in [7, 11) is 0. The van der Waals surface area contributed by atoms with E-state index in [4.69, 9.17) is 4.99 Å². The summed E-state index contributed by atoms with van der Waals surface area (Å²) < 4.78 is 2.08. The van der Waals surface area contributed by atoms with Crippen LogP contribution >= 0.6 is 0 Å². The molecule has 0 radical (unpaired) electrons. The number of aromatic nitrogens is 4. The molecule has 198 valence electrons. The Bertz CT molecular complexity index is 1190. The maximum absolute atomic E-state index is 12.8. The van der Waals surface area contributed by atoms with Gasteiger partial charge in [-0.15, -0.1) is 10.2 Å². The number of pyridine rings is 1. The fourth-order valence-corrected chi connectivity index (χ4v) is 5.46. The van der Waals surface area contributed by atoms with E-state index in [1.54, 1.807) is 18.7 Å². The lowest BCUT2D eigenvalue weighted by atomic mass is 9.92. The number of rotatable bonds is 7. The molecule has 3 heterocycles. The van der Waals surface area contributed by atoms with Crippen LogP contribution in [0.1, 0.15) is 104 Å². The summed E-state index contributed by atoms with van der Waals surface area (Å²) in [4.78, 5) is 25.0. The highest BCUT2D eigenvalue weighted by Gasteiger charge is 2.40. The van der Waals surface area contributed by atoms with Crippen molar-refractivity contribution in [3.8, 4) is 0 Å². The molecule has 1 amide bonds.